The summed E-state index contributed by atoms with van der Waals surface area (Å²) in [5, 5.41) is 3.43. The molecule has 3 aliphatic heterocycles. The second-order valence-corrected chi connectivity index (χ2v) is 8.76. The molecule has 2 amide bonds. The number of anilines is 1. The number of halogens is 1. The van der Waals surface area contributed by atoms with Gasteiger partial charge in [-0.3, -0.25) is 9.59 Å². The number of aromatic nitrogens is 1. The number of nitrogens with zero attached hydrogens (tertiary/aromatic N) is 3. The molecule has 0 radical (unpaired) electrons. The fourth-order valence-corrected chi connectivity index (χ4v) is 4.97. The summed E-state index contributed by atoms with van der Waals surface area (Å²) in [4.78, 5) is 33.4. The van der Waals surface area contributed by atoms with Gasteiger partial charge in [-0.25, -0.2) is 9.37 Å². The molecule has 2 saturated heterocycles. The molecule has 1 aromatic carbocycles. The number of pyridine rings is 1. The van der Waals surface area contributed by atoms with Crippen LogP contribution < -0.4 is 5.32 Å². The molecule has 2 aromatic rings. The first-order valence-corrected chi connectivity index (χ1v) is 10.5. The van der Waals surface area contributed by atoms with Gasteiger partial charge in [-0.2, -0.15) is 0 Å². The quantitative estimate of drug-likeness (QED) is 0.818. The maximum Gasteiger partial charge on any atom is 0.255 e. The molecule has 1 aromatic heterocycles. The van der Waals surface area contributed by atoms with Crippen molar-refractivity contribution >= 4 is 17.6 Å². The normalized spacial score (nSPS) is 24.7. The topological polar surface area (TPSA) is 65.5 Å². The second kappa shape index (κ2) is 7.94. The highest BCUT2D eigenvalue weighted by Crippen LogP contribution is 2.38. The van der Waals surface area contributed by atoms with E-state index in [1.165, 1.54) is 12.1 Å². The number of fused-ring (bicyclic) bond motifs is 1. The van der Waals surface area contributed by atoms with Gasteiger partial charge in [0.05, 0.1) is 17.1 Å². The minimum absolute atomic E-state index is 0. The molecular formula is C24H29FN4O2. The molecule has 0 bridgehead atoms. The lowest BCUT2D eigenvalue weighted by atomic mass is 9.89. The average Bonchev–Trinajstić information content (AvgIpc) is 3.45. The van der Waals surface area contributed by atoms with Crippen molar-refractivity contribution in [3.05, 3.63) is 59.0 Å². The maximum absolute atomic E-state index is 13.3. The largest absolute Gasteiger partial charge is 0.360 e. The lowest BCUT2D eigenvalue weighted by Gasteiger charge is -2.25. The van der Waals surface area contributed by atoms with Gasteiger partial charge < -0.3 is 15.1 Å². The van der Waals surface area contributed by atoms with Crippen molar-refractivity contribution in [3.8, 4) is 0 Å². The van der Waals surface area contributed by atoms with Crippen LogP contribution in [0.3, 0.4) is 0 Å². The Morgan fingerprint density at radius 3 is 2.74 bits per heavy atom. The number of rotatable bonds is 3. The zero-order valence-electron chi connectivity index (χ0n) is 17.0. The number of hydrogen-bond acceptors (Lipinski definition) is 4. The van der Waals surface area contributed by atoms with Crippen LogP contribution >= 0.6 is 0 Å². The van der Waals surface area contributed by atoms with Crippen molar-refractivity contribution < 1.29 is 14.0 Å². The minimum atomic E-state index is -0.389. The Balaban J connectivity index is 0.00000231. The third-order valence-electron chi connectivity index (χ3n) is 6.63. The molecule has 31 heavy (non-hydrogen) atoms. The van der Waals surface area contributed by atoms with Gasteiger partial charge in [0.15, 0.2) is 0 Å². The van der Waals surface area contributed by atoms with E-state index in [0.29, 0.717) is 31.5 Å². The molecule has 4 heterocycles. The van der Waals surface area contributed by atoms with Crippen LogP contribution in [0.25, 0.3) is 0 Å². The molecule has 0 aliphatic carbocycles. The molecule has 2 atom stereocenters. The Bertz CT molecular complexity index is 1010. The van der Waals surface area contributed by atoms with Gasteiger partial charge in [0.25, 0.3) is 5.91 Å². The first kappa shape index (κ1) is 21.3. The lowest BCUT2D eigenvalue weighted by molar-refractivity contribution is -0.129. The molecule has 6 nitrogen and oxygen atoms in total. The minimum Gasteiger partial charge on any atom is -0.360 e. The summed E-state index contributed by atoms with van der Waals surface area (Å²) >= 11 is 0. The van der Waals surface area contributed by atoms with E-state index in [4.69, 9.17) is 0 Å². The zero-order chi connectivity index (χ0) is 20.9. The maximum atomic E-state index is 13.3. The van der Waals surface area contributed by atoms with Gasteiger partial charge in [0, 0.05) is 38.7 Å². The van der Waals surface area contributed by atoms with Crippen LogP contribution in [0.15, 0.2) is 36.5 Å². The summed E-state index contributed by atoms with van der Waals surface area (Å²) in [7, 11) is 0. The molecule has 7 heteroatoms. The highest BCUT2D eigenvalue weighted by Gasteiger charge is 2.37. The fraction of sp³-hybridized carbons (Fsp3) is 0.458. The monoisotopic (exact) mass is 424 g/mol. The standard InChI is InChI=1S/C23H25FN4O2.CH4/c1-23(17-4-6-18(24)7-5-17)12-15-11-16(13-25-21(15)26-23)22(30)27-10-8-19(14-27)28-9-2-3-20(28)29;/h4-7,11,13,19H,2-3,8-10,12,14H2,1H3,(H,25,26);1H4/t19-,23+;/m0./s1. The third-order valence-corrected chi connectivity index (χ3v) is 6.63. The first-order chi connectivity index (χ1) is 14.4. The summed E-state index contributed by atoms with van der Waals surface area (Å²) in [5.74, 6) is 0.679. The molecule has 5 rings (SSSR count). The zero-order valence-corrected chi connectivity index (χ0v) is 17.0. The van der Waals surface area contributed by atoms with Crippen LogP contribution in [0.2, 0.25) is 0 Å². The van der Waals surface area contributed by atoms with Crippen LogP contribution in [0, 0.1) is 5.82 Å². The highest BCUT2D eigenvalue weighted by atomic mass is 19.1. The van der Waals surface area contributed by atoms with Crippen molar-refractivity contribution in [2.24, 2.45) is 0 Å². The number of carbonyl (C=O) groups is 2. The summed E-state index contributed by atoms with van der Waals surface area (Å²) < 4.78 is 13.3. The van der Waals surface area contributed by atoms with E-state index in [9.17, 15) is 14.0 Å². The summed E-state index contributed by atoms with van der Waals surface area (Å²) in [6.45, 7) is 4.12. The van der Waals surface area contributed by atoms with E-state index in [1.807, 2.05) is 15.9 Å². The van der Waals surface area contributed by atoms with E-state index in [1.54, 1.807) is 18.3 Å². The van der Waals surface area contributed by atoms with Crippen LogP contribution in [-0.2, 0) is 16.8 Å². The average molecular weight is 425 g/mol. The number of amides is 2. The van der Waals surface area contributed by atoms with E-state index in [2.05, 4.69) is 17.2 Å². The van der Waals surface area contributed by atoms with Crippen molar-refractivity contribution in [2.75, 3.05) is 25.0 Å². The molecule has 2 fully saturated rings. The molecular weight excluding hydrogens is 395 g/mol. The lowest BCUT2D eigenvalue weighted by Crippen LogP contribution is -2.39. The number of nitrogens with one attached hydrogen (secondary N) is 1. The van der Waals surface area contributed by atoms with E-state index in [-0.39, 0.29) is 36.6 Å². The molecule has 0 spiro atoms. The van der Waals surface area contributed by atoms with E-state index in [0.717, 1.165) is 36.3 Å². The Labute approximate surface area is 182 Å². The highest BCUT2D eigenvalue weighted by molar-refractivity contribution is 5.95. The molecule has 3 aliphatic rings. The molecule has 0 saturated carbocycles. The van der Waals surface area contributed by atoms with Gasteiger partial charge >= 0.3 is 0 Å². The van der Waals surface area contributed by atoms with Gasteiger partial charge in [0.1, 0.15) is 11.6 Å². The van der Waals surface area contributed by atoms with Crippen molar-refractivity contribution in [3.63, 3.8) is 0 Å². The Morgan fingerprint density at radius 2 is 2.03 bits per heavy atom. The van der Waals surface area contributed by atoms with Crippen LogP contribution in [-0.4, -0.2) is 52.3 Å². The SMILES string of the molecule is C.C[C@]1(c2ccc(F)cc2)Cc2cc(C(=O)N3CC[C@H](N4CCCC4=O)C3)cnc2N1. The predicted molar refractivity (Wildman–Crippen MR) is 117 cm³/mol. The van der Waals surface area contributed by atoms with Gasteiger partial charge in [-0.05, 0) is 49.1 Å². The predicted octanol–water partition coefficient (Wildman–Crippen LogP) is 3.58. The van der Waals surface area contributed by atoms with Gasteiger partial charge in [-0.15, -0.1) is 0 Å². The number of carbonyl (C=O) groups excluding carboxylic acids is 2. The summed E-state index contributed by atoms with van der Waals surface area (Å²) in [5.41, 5.74) is 2.15. The van der Waals surface area contributed by atoms with Crippen molar-refractivity contribution in [2.45, 2.75) is 51.6 Å². The summed E-state index contributed by atoms with van der Waals surface area (Å²) in [6, 6.07) is 8.54. The number of likely N-dealkylation sites (tertiary alicyclic amines) is 2. The Hall–Kier alpha value is -2.96. The Morgan fingerprint density at radius 1 is 1.26 bits per heavy atom. The molecule has 0 unspecified atom stereocenters. The van der Waals surface area contributed by atoms with Crippen LogP contribution in [0.5, 0.6) is 0 Å². The number of hydrogen-bond donors (Lipinski definition) is 1. The summed E-state index contributed by atoms with van der Waals surface area (Å²) in [6.07, 6.45) is 4.67. The Kier molecular flexibility index (Phi) is 5.45. The second-order valence-electron chi connectivity index (χ2n) is 8.76. The first-order valence-electron chi connectivity index (χ1n) is 10.5. The van der Waals surface area contributed by atoms with Gasteiger partial charge in [0.2, 0.25) is 5.91 Å². The van der Waals surface area contributed by atoms with Crippen molar-refractivity contribution in [1.29, 1.82) is 0 Å². The molecule has 164 valence electrons. The van der Waals surface area contributed by atoms with Crippen LogP contribution in [0.1, 0.15) is 55.1 Å². The third kappa shape index (κ3) is 3.77. The van der Waals surface area contributed by atoms with Gasteiger partial charge in [-0.1, -0.05) is 19.6 Å². The van der Waals surface area contributed by atoms with Crippen LogP contribution in [0.4, 0.5) is 10.2 Å². The van der Waals surface area contributed by atoms with E-state index >= 15 is 0 Å². The fourth-order valence-electron chi connectivity index (χ4n) is 4.97. The van der Waals surface area contributed by atoms with Crippen molar-refractivity contribution in [1.82, 2.24) is 14.8 Å². The number of benzene rings is 1. The van der Waals surface area contributed by atoms with E-state index < -0.39 is 0 Å². The molecule has 1 N–H and O–H groups in total. The smallest absolute Gasteiger partial charge is 0.255 e.